The van der Waals surface area contributed by atoms with E-state index in [-0.39, 0.29) is 6.61 Å². The summed E-state index contributed by atoms with van der Waals surface area (Å²) in [6.07, 6.45) is 0. The Morgan fingerprint density at radius 2 is 1.88 bits per heavy atom. The van der Waals surface area contributed by atoms with Crippen molar-refractivity contribution in [1.29, 1.82) is 0 Å². The van der Waals surface area contributed by atoms with Crippen LogP contribution in [0, 0.1) is 5.92 Å². The highest BCUT2D eigenvalue weighted by atomic mass is 35.6. The molecule has 0 aromatic carbocycles. The van der Waals surface area contributed by atoms with E-state index in [0.717, 1.165) is 0 Å². The fraction of sp³-hybridized carbons (Fsp3) is 1.00. The van der Waals surface area contributed by atoms with Gasteiger partial charge in [-0.25, -0.2) is 5.11 Å². The molecule has 4 heteroatoms. The van der Waals surface area contributed by atoms with E-state index in [0.29, 0.717) is 0 Å². The SMILES string of the molecule is CC(C[O])C(Cl)(Cl)Cl. The van der Waals surface area contributed by atoms with Crippen molar-refractivity contribution in [3.05, 3.63) is 0 Å². The smallest absolute Gasteiger partial charge is 0.195 e. The lowest BCUT2D eigenvalue weighted by Gasteiger charge is -2.15. The number of alkyl halides is 3. The molecule has 0 rings (SSSR count). The molecule has 0 amide bonds. The Morgan fingerprint density at radius 1 is 1.50 bits per heavy atom. The van der Waals surface area contributed by atoms with Crippen LogP contribution in [-0.4, -0.2) is 10.4 Å². The molecule has 0 spiro atoms. The highest BCUT2D eigenvalue weighted by Crippen LogP contribution is 2.34. The van der Waals surface area contributed by atoms with E-state index in [9.17, 15) is 5.11 Å². The maximum atomic E-state index is 10.0. The first-order valence-electron chi connectivity index (χ1n) is 2.13. The quantitative estimate of drug-likeness (QED) is 0.547. The normalized spacial score (nSPS) is 16.1. The van der Waals surface area contributed by atoms with Gasteiger partial charge in [-0.1, -0.05) is 41.7 Å². The number of hydrogen-bond acceptors (Lipinski definition) is 0. The van der Waals surface area contributed by atoms with Crippen molar-refractivity contribution >= 4 is 34.8 Å². The Balaban J connectivity index is 3.62. The first-order valence-corrected chi connectivity index (χ1v) is 3.26. The molecule has 0 aliphatic rings. The van der Waals surface area contributed by atoms with Crippen LogP contribution in [0.4, 0.5) is 0 Å². The van der Waals surface area contributed by atoms with E-state index in [2.05, 4.69) is 0 Å². The molecule has 0 saturated heterocycles. The van der Waals surface area contributed by atoms with E-state index >= 15 is 0 Å². The molecule has 0 heterocycles. The lowest BCUT2D eigenvalue weighted by molar-refractivity contribution is 0.152. The zero-order valence-electron chi connectivity index (χ0n) is 4.33. The van der Waals surface area contributed by atoms with Crippen LogP contribution in [0.5, 0.6) is 0 Å². The predicted octanol–water partition coefficient (Wildman–Crippen LogP) is 2.42. The number of hydrogen-bond donors (Lipinski definition) is 0. The Hall–Kier alpha value is 0.830. The fourth-order valence-corrected chi connectivity index (χ4v) is 0.283. The van der Waals surface area contributed by atoms with Crippen LogP contribution < -0.4 is 0 Å². The third-order valence-corrected chi connectivity index (χ3v) is 1.93. The van der Waals surface area contributed by atoms with E-state index < -0.39 is 9.71 Å². The van der Waals surface area contributed by atoms with Crippen LogP contribution in [0.25, 0.3) is 0 Å². The summed E-state index contributed by atoms with van der Waals surface area (Å²) in [4.78, 5) is 0. The van der Waals surface area contributed by atoms with Crippen molar-refractivity contribution < 1.29 is 5.11 Å². The molecule has 0 saturated carbocycles. The largest absolute Gasteiger partial charge is 0.236 e. The van der Waals surface area contributed by atoms with E-state index in [1.54, 1.807) is 6.92 Å². The first kappa shape index (κ1) is 8.83. The summed E-state index contributed by atoms with van der Waals surface area (Å²) in [5, 5.41) is 10.0. The van der Waals surface area contributed by atoms with Gasteiger partial charge in [-0.15, -0.1) is 0 Å². The standard InChI is InChI=1S/C4H6Cl3O/c1-3(2-8)4(5,6)7/h3H,2H2,1H3. The van der Waals surface area contributed by atoms with E-state index in [1.165, 1.54) is 0 Å². The molecule has 0 bridgehead atoms. The molecule has 1 atom stereocenters. The van der Waals surface area contributed by atoms with E-state index in [1.807, 2.05) is 0 Å². The maximum absolute atomic E-state index is 10.0. The summed E-state index contributed by atoms with van der Waals surface area (Å²) < 4.78 is -1.39. The van der Waals surface area contributed by atoms with Crippen molar-refractivity contribution in [2.24, 2.45) is 5.92 Å². The van der Waals surface area contributed by atoms with Crippen molar-refractivity contribution in [2.45, 2.75) is 10.7 Å². The molecular formula is C4H6Cl3O. The van der Waals surface area contributed by atoms with Crippen LogP contribution in [0.2, 0.25) is 0 Å². The van der Waals surface area contributed by atoms with Gasteiger partial charge in [0.05, 0.1) is 6.61 Å². The van der Waals surface area contributed by atoms with Crippen LogP contribution >= 0.6 is 34.8 Å². The molecule has 0 aliphatic heterocycles. The molecule has 0 aromatic heterocycles. The molecule has 0 fully saturated rings. The molecule has 0 aromatic rings. The molecule has 1 nitrogen and oxygen atoms in total. The summed E-state index contributed by atoms with van der Waals surface area (Å²) in [5.41, 5.74) is 0. The third kappa shape index (κ3) is 2.98. The molecule has 0 aliphatic carbocycles. The van der Waals surface area contributed by atoms with Crippen LogP contribution in [0.15, 0.2) is 0 Å². The molecule has 1 radical (unpaired) electrons. The van der Waals surface area contributed by atoms with Gasteiger partial charge in [-0.05, 0) is 0 Å². The van der Waals surface area contributed by atoms with Gasteiger partial charge < -0.3 is 0 Å². The monoisotopic (exact) mass is 175 g/mol. The van der Waals surface area contributed by atoms with Gasteiger partial charge in [-0.3, -0.25) is 0 Å². The second-order valence-electron chi connectivity index (χ2n) is 1.61. The first-order chi connectivity index (χ1) is 3.48. The third-order valence-electron chi connectivity index (χ3n) is 0.809. The average molecular weight is 176 g/mol. The lowest BCUT2D eigenvalue weighted by Crippen LogP contribution is -2.18. The van der Waals surface area contributed by atoms with Crippen molar-refractivity contribution in [2.75, 3.05) is 6.61 Å². The molecular weight excluding hydrogens is 170 g/mol. The number of halogens is 3. The zero-order chi connectivity index (χ0) is 6.78. The van der Waals surface area contributed by atoms with Crippen LogP contribution in [0.1, 0.15) is 6.92 Å². The minimum absolute atomic E-state index is 0.351. The average Bonchev–Trinajstić information content (AvgIpc) is 1.62. The summed E-state index contributed by atoms with van der Waals surface area (Å²) in [7, 11) is 0. The van der Waals surface area contributed by atoms with Gasteiger partial charge in [0, 0.05) is 5.92 Å². The highest BCUT2D eigenvalue weighted by molar-refractivity contribution is 6.67. The highest BCUT2D eigenvalue weighted by Gasteiger charge is 2.27. The van der Waals surface area contributed by atoms with Gasteiger partial charge in [0.25, 0.3) is 0 Å². The maximum Gasteiger partial charge on any atom is 0.195 e. The fourth-order valence-electron chi connectivity index (χ4n) is 0.0945. The van der Waals surface area contributed by atoms with Gasteiger partial charge in [0.2, 0.25) is 0 Å². The lowest BCUT2D eigenvalue weighted by atomic mass is 10.2. The van der Waals surface area contributed by atoms with Crippen molar-refractivity contribution in [3.63, 3.8) is 0 Å². The molecule has 0 N–H and O–H groups in total. The van der Waals surface area contributed by atoms with Gasteiger partial charge in [0.15, 0.2) is 3.79 Å². The second kappa shape index (κ2) is 3.11. The molecule has 1 unspecified atom stereocenters. The minimum Gasteiger partial charge on any atom is -0.236 e. The Labute approximate surface area is 63.5 Å². The zero-order valence-corrected chi connectivity index (χ0v) is 6.59. The van der Waals surface area contributed by atoms with Crippen LogP contribution in [0.3, 0.4) is 0 Å². The van der Waals surface area contributed by atoms with Crippen LogP contribution in [-0.2, 0) is 5.11 Å². The van der Waals surface area contributed by atoms with Gasteiger partial charge in [-0.2, -0.15) is 0 Å². The predicted molar refractivity (Wildman–Crippen MR) is 35.0 cm³/mol. The summed E-state index contributed by atoms with van der Waals surface area (Å²) in [5.74, 6) is -0.410. The molecule has 49 valence electrons. The Kier molecular flexibility index (Phi) is 3.44. The Bertz CT molecular complexity index is 68.2. The second-order valence-corrected chi connectivity index (χ2v) is 3.98. The topological polar surface area (TPSA) is 19.9 Å². The summed E-state index contributed by atoms with van der Waals surface area (Å²) in [6, 6.07) is 0. The van der Waals surface area contributed by atoms with Gasteiger partial charge >= 0.3 is 0 Å². The summed E-state index contributed by atoms with van der Waals surface area (Å²) in [6.45, 7) is 1.25. The Morgan fingerprint density at radius 3 is 1.88 bits per heavy atom. The van der Waals surface area contributed by atoms with E-state index in [4.69, 9.17) is 34.8 Å². The molecule has 8 heavy (non-hydrogen) atoms. The van der Waals surface area contributed by atoms with Crippen molar-refractivity contribution in [1.82, 2.24) is 0 Å². The van der Waals surface area contributed by atoms with Crippen molar-refractivity contribution in [3.8, 4) is 0 Å². The number of rotatable bonds is 1. The minimum atomic E-state index is -1.39. The van der Waals surface area contributed by atoms with Gasteiger partial charge in [0.1, 0.15) is 0 Å². The summed E-state index contributed by atoms with van der Waals surface area (Å²) >= 11 is 15.9.